The molecule has 0 saturated carbocycles. The number of urea groups is 1. The zero-order chi connectivity index (χ0) is 21.6. The van der Waals surface area contributed by atoms with Gasteiger partial charge in [0.2, 0.25) is 5.91 Å². The van der Waals surface area contributed by atoms with Crippen molar-refractivity contribution in [2.45, 2.75) is 32.7 Å². The molecule has 1 fully saturated rings. The van der Waals surface area contributed by atoms with E-state index in [0.717, 1.165) is 0 Å². The number of hydrogen-bond donors (Lipinski definition) is 3. The molecule has 0 aromatic heterocycles. The number of carbonyl (C=O) groups excluding carboxylic acids is 4. The Labute approximate surface area is 169 Å². The Hall–Kier alpha value is -3.14. The van der Waals surface area contributed by atoms with E-state index in [1.54, 1.807) is 49.9 Å². The number of anilines is 1. The molecule has 0 bridgehead atoms. The predicted octanol–water partition coefficient (Wildman–Crippen LogP) is 0.707. The number of hydrogen-bond acceptors (Lipinski definition) is 6. The van der Waals surface area contributed by atoms with Crippen molar-refractivity contribution in [1.82, 2.24) is 20.7 Å². The molecule has 1 aliphatic rings. The summed E-state index contributed by atoms with van der Waals surface area (Å²) in [5, 5.41) is 5.98. The summed E-state index contributed by atoms with van der Waals surface area (Å²) in [7, 11) is 1.51. The van der Waals surface area contributed by atoms with E-state index in [0.29, 0.717) is 29.4 Å². The van der Waals surface area contributed by atoms with E-state index in [9.17, 15) is 19.2 Å². The van der Waals surface area contributed by atoms with Crippen LogP contribution in [-0.4, -0.2) is 65.9 Å². The monoisotopic (exact) mass is 405 g/mol. The maximum atomic E-state index is 12.3. The van der Waals surface area contributed by atoms with Crippen molar-refractivity contribution in [1.29, 1.82) is 0 Å². The number of benzene rings is 1. The number of nitrogens with zero attached hydrogens (tertiary/aromatic N) is 2. The largest absolute Gasteiger partial charge is 0.495 e. The lowest BCUT2D eigenvalue weighted by molar-refractivity contribution is -0.139. The van der Waals surface area contributed by atoms with Gasteiger partial charge in [0.1, 0.15) is 11.3 Å². The number of likely N-dealkylation sites (N-methyl/N-ethyl adjacent to an activating group) is 1. The van der Waals surface area contributed by atoms with Gasteiger partial charge in [0.15, 0.2) is 0 Å². The fourth-order valence-corrected chi connectivity index (χ4v) is 2.81. The van der Waals surface area contributed by atoms with Crippen molar-refractivity contribution in [2.75, 3.05) is 32.1 Å². The number of rotatable bonds is 9. The highest BCUT2D eigenvalue weighted by atomic mass is 16.5. The quantitative estimate of drug-likeness (QED) is 0.521. The Morgan fingerprint density at radius 2 is 1.83 bits per heavy atom. The van der Waals surface area contributed by atoms with Crippen molar-refractivity contribution in [2.24, 2.45) is 0 Å². The lowest BCUT2D eigenvalue weighted by Gasteiger charge is -2.22. The highest BCUT2D eigenvalue weighted by molar-refractivity contribution is 6.07. The zero-order valence-electron chi connectivity index (χ0n) is 17.1. The van der Waals surface area contributed by atoms with Crippen LogP contribution in [0.4, 0.5) is 10.5 Å². The molecule has 10 heteroatoms. The van der Waals surface area contributed by atoms with Crippen LogP contribution in [0.15, 0.2) is 24.3 Å². The van der Waals surface area contributed by atoms with Crippen molar-refractivity contribution >= 4 is 29.4 Å². The summed E-state index contributed by atoms with van der Waals surface area (Å²) < 4.78 is 5.19. The van der Waals surface area contributed by atoms with Crippen LogP contribution in [0.25, 0.3) is 0 Å². The van der Waals surface area contributed by atoms with E-state index in [1.807, 2.05) is 0 Å². The van der Waals surface area contributed by atoms with Crippen LogP contribution in [0.1, 0.15) is 27.2 Å². The second-order valence-corrected chi connectivity index (χ2v) is 6.84. The van der Waals surface area contributed by atoms with Crippen LogP contribution in [0.5, 0.6) is 5.75 Å². The molecule has 0 radical (unpaired) electrons. The molecule has 3 N–H and O–H groups in total. The second-order valence-electron chi connectivity index (χ2n) is 6.84. The topological polar surface area (TPSA) is 120 Å². The minimum Gasteiger partial charge on any atom is -0.495 e. The van der Waals surface area contributed by atoms with Gasteiger partial charge in [-0.05, 0) is 32.0 Å². The molecular formula is C19H27N5O5. The fourth-order valence-electron chi connectivity index (χ4n) is 2.81. The highest BCUT2D eigenvalue weighted by Crippen LogP contribution is 2.23. The number of imide groups is 1. The smallest absolute Gasteiger partial charge is 0.344 e. The summed E-state index contributed by atoms with van der Waals surface area (Å²) in [6.45, 7) is 5.37. The molecule has 0 aliphatic carbocycles. The zero-order valence-corrected chi connectivity index (χ0v) is 17.1. The lowest BCUT2D eigenvalue weighted by Crippen LogP contribution is -2.51. The average molecular weight is 405 g/mol. The Morgan fingerprint density at radius 3 is 2.41 bits per heavy atom. The van der Waals surface area contributed by atoms with E-state index in [4.69, 9.17) is 4.74 Å². The molecule has 1 saturated heterocycles. The van der Waals surface area contributed by atoms with Gasteiger partial charge in [-0.1, -0.05) is 26.0 Å². The SMILES string of the molecule is CCN(CC(=O)Nc1ccccc1OC)CC(=O)NN1C(=O)NC(C)(CC)C1=O. The number of nitrogens with one attached hydrogen (secondary N) is 3. The van der Waals surface area contributed by atoms with Crippen LogP contribution >= 0.6 is 0 Å². The van der Waals surface area contributed by atoms with Gasteiger partial charge in [-0.15, -0.1) is 0 Å². The highest BCUT2D eigenvalue weighted by Gasteiger charge is 2.47. The van der Waals surface area contributed by atoms with E-state index in [1.165, 1.54) is 7.11 Å². The third-order valence-corrected chi connectivity index (χ3v) is 4.77. The molecule has 1 atom stereocenters. The number of ether oxygens (including phenoxy) is 1. The van der Waals surface area contributed by atoms with Crippen molar-refractivity contribution in [3.8, 4) is 5.75 Å². The number of hydrazine groups is 1. The second kappa shape index (κ2) is 9.37. The van der Waals surface area contributed by atoms with Crippen LogP contribution in [0, 0.1) is 0 Å². The van der Waals surface area contributed by atoms with Gasteiger partial charge in [0.05, 0.1) is 25.9 Å². The molecule has 29 heavy (non-hydrogen) atoms. The average Bonchev–Trinajstić information content (AvgIpc) is 2.91. The van der Waals surface area contributed by atoms with Gasteiger partial charge < -0.3 is 15.4 Å². The van der Waals surface area contributed by atoms with Crippen LogP contribution in [-0.2, 0) is 14.4 Å². The van der Waals surface area contributed by atoms with Crippen LogP contribution < -0.4 is 20.8 Å². The minimum absolute atomic E-state index is 0.0468. The Balaban J connectivity index is 1.92. The number of carbonyl (C=O) groups is 4. The first-order valence-electron chi connectivity index (χ1n) is 9.35. The summed E-state index contributed by atoms with van der Waals surface area (Å²) in [5.74, 6) is -0.881. The molecule has 158 valence electrons. The van der Waals surface area contributed by atoms with Gasteiger partial charge in [0, 0.05) is 0 Å². The molecule has 1 aliphatic heterocycles. The summed E-state index contributed by atoms with van der Waals surface area (Å²) in [4.78, 5) is 50.6. The van der Waals surface area contributed by atoms with E-state index in [-0.39, 0.29) is 19.0 Å². The molecule has 1 heterocycles. The van der Waals surface area contributed by atoms with E-state index < -0.39 is 23.4 Å². The molecule has 1 aromatic rings. The Morgan fingerprint density at radius 1 is 1.17 bits per heavy atom. The number of methoxy groups -OCH3 is 1. The third-order valence-electron chi connectivity index (χ3n) is 4.77. The van der Waals surface area contributed by atoms with Crippen molar-refractivity contribution < 1.29 is 23.9 Å². The minimum atomic E-state index is -1.04. The summed E-state index contributed by atoms with van der Waals surface area (Å²) in [5.41, 5.74) is 1.80. The molecule has 1 unspecified atom stereocenters. The van der Waals surface area contributed by atoms with Gasteiger partial charge in [-0.2, -0.15) is 5.01 Å². The molecule has 10 nitrogen and oxygen atoms in total. The molecule has 0 spiro atoms. The number of amides is 5. The molecule has 1 aromatic carbocycles. The first kappa shape index (κ1) is 22.2. The maximum absolute atomic E-state index is 12.3. The van der Waals surface area contributed by atoms with E-state index >= 15 is 0 Å². The Kier molecular flexibility index (Phi) is 7.16. The predicted molar refractivity (Wildman–Crippen MR) is 106 cm³/mol. The van der Waals surface area contributed by atoms with Crippen molar-refractivity contribution in [3.63, 3.8) is 0 Å². The first-order valence-corrected chi connectivity index (χ1v) is 9.35. The summed E-state index contributed by atoms with van der Waals surface area (Å²) >= 11 is 0. The van der Waals surface area contributed by atoms with Gasteiger partial charge in [-0.25, -0.2) is 4.79 Å². The standard InChI is InChI=1S/C19H27N5O5/c1-5-19(3)17(27)24(18(28)21-19)22-16(26)12-23(6-2)11-15(25)20-13-9-7-8-10-14(13)29-4/h7-10H,5-6,11-12H2,1-4H3,(H,20,25)(H,21,28)(H,22,26). The molecule has 5 amide bonds. The summed E-state index contributed by atoms with van der Waals surface area (Å²) in [6.07, 6.45) is 0.397. The van der Waals surface area contributed by atoms with Crippen LogP contribution in [0.2, 0.25) is 0 Å². The fraction of sp³-hybridized carbons (Fsp3) is 0.474. The first-order chi connectivity index (χ1) is 13.7. The van der Waals surface area contributed by atoms with E-state index in [2.05, 4.69) is 16.1 Å². The summed E-state index contributed by atoms with van der Waals surface area (Å²) in [6, 6.07) is 6.32. The normalized spacial score (nSPS) is 18.6. The van der Waals surface area contributed by atoms with Crippen LogP contribution in [0.3, 0.4) is 0 Å². The van der Waals surface area contributed by atoms with Gasteiger partial charge in [-0.3, -0.25) is 24.7 Å². The lowest BCUT2D eigenvalue weighted by atomic mass is 10.00. The van der Waals surface area contributed by atoms with Crippen molar-refractivity contribution in [3.05, 3.63) is 24.3 Å². The Bertz CT molecular complexity index is 799. The molecule has 2 rings (SSSR count). The third kappa shape index (κ3) is 5.23. The molecular weight excluding hydrogens is 378 g/mol. The number of para-hydroxylation sites is 2. The maximum Gasteiger partial charge on any atom is 0.344 e. The van der Waals surface area contributed by atoms with Gasteiger partial charge in [0.25, 0.3) is 11.8 Å². The van der Waals surface area contributed by atoms with Gasteiger partial charge >= 0.3 is 6.03 Å².